The Morgan fingerprint density at radius 1 is 1.00 bits per heavy atom. The summed E-state index contributed by atoms with van der Waals surface area (Å²) < 4.78 is 7.73. The predicted molar refractivity (Wildman–Crippen MR) is 141 cm³/mol. The molecule has 7 heteroatoms. The number of hydrogen-bond acceptors (Lipinski definition) is 5. The second-order valence-electron chi connectivity index (χ2n) is 9.14. The van der Waals surface area contributed by atoms with E-state index in [2.05, 4.69) is 51.9 Å². The molecule has 0 fully saturated rings. The summed E-state index contributed by atoms with van der Waals surface area (Å²) in [6, 6.07) is 21.6. The van der Waals surface area contributed by atoms with Crippen molar-refractivity contribution in [3.63, 3.8) is 0 Å². The molecule has 3 aromatic carbocycles. The average molecular weight is 480 g/mol. The van der Waals surface area contributed by atoms with Crippen molar-refractivity contribution in [3.05, 3.63) is 112 Å². The van der Waals surface area contributed by atoms with E-state index < -0.39 is 6.04 Å². The van der Waals surface area contributed by atoms with Crippen LogP contribution in [0.3, 0.4) is 0 Å². The fourth-order valence-corrected chi connectivity index (χ4v) is 4.37. The summed E-state index contributed by atoms with van der Waals surface area (Å²) in [5.41, 5.74) is 7.53. The molecule has 2 N–H and O–H groups in total. The van der Waals surface area contributed by atoms with Crippen LogP contribution in [0.5, 0.6) is 5.75 Å². The van der Waals surface area contributed by atoms with Gasteiger partial charge in [0.1, 0.15) is 24.7 Å². The van der Waals surface area contributed by atoms with E-state index in [9.17, 15) is 4.79 Å². The first-order chi connectivity index (χ1) is 17.4. The SMILES string of the molecule is CC1=C(C(=O)Nc2cccc(C)c2C)C(c2ccc(OCc3ccc(C)cc3)cc2)n2ncnc2N1. The second-order valence-corrected chi connectivity index (χ2v) is 9.14. The molecule has 0 radical (unpaired) electrons. The second kappa shape index (κ2) is 9.70. The van der Waals surface area contributed by atoms with E-state index in [4.69, 9.17) is 4.74 Å². The van der Waals surface area contributed by atoms with Crippen molar-refractivity contribution in [2.75, 3.05) is 10.6 Å². The number of amides is 1. The van der Waals surface area contributed by atoms with Crippen molar-refractivity contribution < 1.29 is 9.53 Å². The van der Waals surface area contributed by atoms with Crippen molar-refractivity contribution in [1.29, 1.82) is 0 Å². The monoisotopic (exact) mass is 479 g/mol. The van der Waals surface area contributed by atoms with E-state index >= 15 is 0 Å². The first kappa shape index (κ1) is 23.4. The number of anilines is 2. The van der Waals surface area contributed by atoms with Crippen LogP contribution in [0.1, 0.15) is 40.8 Å². The van der Waals surface area contributed by atoms with Crippen molar-refractivity contribution in [1.82, 2.24) is 14.8 Å². The van der Waals surface area contributed by atoms with Crippen LogP contribution in [0, 0.1) is 20.8 Å². The molecule has 0 spiro atoms. The van der Waals surface area contributed by atoms with Gasteiger partial charge < -0.3 is 15.4 Å². The third kappa shape index (κ3) is 4.60. The lowest BCUT2D eigenvalue weighted by molar-refractivity contribution is -0.113. The number of carbonyl (C=O) groups is 1. The van der Waals surface area contributed by atoms with E-state index in [1.165, 1.54) is 11.9 Å². The first-order valence-corrected chi connectivity index (χ1v) is 11.9. The zero-order valence-electron chi connectivity index (χ0n) is 20.9. The number of aryl methyl sites for hydroxylation is 2. The molecule has 1 aromatic heterocycles. The quantitative estimate of drug-likeness (QED) is 0.370. The maximum atomic E-state index is 13.6. The number of hydrogen-bond donors (Lipinski definition) is 2. The maximum absolute atomic E-state index is 13.6. The predicted octanol–water partition coefficient (Wildman–Crippen LogP) is 5.71. The van der Waals surface area contributed by atoms with Crippen molar-refractivity contribution in [2.45, 2.75) is 40.3 Å². The molecule has 2 heterocycles. The van der Waals surface area contributed by atoms with Gasteiger partial charge in [-0.25, -0.2) is 4.68 Å². The third-order valence-electron chi connectivity index (χ3n) is 6.61. The van der Waals surface area contributed by atoms with Crippen LogP contribution < -0.4 is 15.4 Å². The maximum Gasteiger partial charge on any atom is 0.255 e. The normalized spacial score (nSPS) is 14.7. The van der Waals surface area contributed by atoms with E-state index in [1.54, 1.807) is 4.68 Å². The summed E-state index contributed by atoms with van der Waals surface area (Å²) in [5, 5.41) is 10.7. The van der Waals surface area contributed by atoms with E-state index in [-0.39, 0.29) is 5.91 Å². The molecule has 1 aliphatic heterocycles. The number of nitrogens with one attached hydrogen (secondary N) is 2. The molecular formula is C29H29N5O2. The molecule has 7 nitrogen and oxygen atoms in total. The van der Waals surface area contributed by atoms with Crippen molar-refractivity contribution in [2.24, 2.45) is 0 Å². The van der Waals surface area contributed by atoms with Gasteiger partial charge in [-0.05, 0) is 68.1 Å². The van der Waals surface area contributed by atoms with Crippen LogP contribution in [-0.4, -0.2) is 20.7 Å². The largest absolute Gasteiger partial charge is 0.489 e. The Morgan fingerprint density at radius 3 is 2.50 bits per heavy atom. The lowest BCUT2D eigenvalue weighted by Gasteiger charge is -2.29. The molecule has 36 heavy (non-hydrogen) atoms. The smallest absolute Gasteiger partial charge is 0.255 e. The lowest BCUT2D eigenvalue weighted by Crippen LogP contribution is -2.31. The lowest BCUT2D eigenvalue weighted by atomic mass is 9.94. The molecule has 1 atom stereocenters. The van der Waals surface area contributed by atoms with Gasteiger partial charge in [-0.2, -0.15) is 10.1 Å². The molecule has 182 valence electrons. The van der Waals surface area contributed by atoms with Crippen LogP contribution in [-0.2, 0) is 11.4 Å². The summed E-state index contributed by atoms with van der Waals surface area (Å²) in [4.78, 5) is 17.9. The Kier molecular flexibility index (Phi) is 6.29. The number of ether oxygens (including phenoxy) is 1. The zero-order valence-corrected chi connectivity index (χ0v) is 20.9. The summed E-state index contributed by atoms with van der Waals surface area (Å²) in [5.74, 6) is 1.18. The number of aromatic nitrogens is 3. The zero-order chi connectivity index (χ0) is 25.2. The van der Waals surface area contributed by atoms with Gasteiger partial charge in [-0.15, -0.1) is 0 Å². The molecular weight excluding hydrogens is 450 g/mol. The number of nitrogens with zero attached hydrogens (tertiary/aromatic N) is 3. The number of carbonyl (C=O) groups excluding carboxylic acids is 1. The molecule has 0 saturated carbocycles. The molecule has 0 saturated heterocycles. The van der Waals surface area contributed by atoms with Gasteiger partial charge in [-0.3, -0.25) is 4.79 Å². The summed E-state index contributed by atoms with van der Waals surface area (Å²) in [6.07, 6.45) is 1.49. The molecule has 1 aliphatic rings. The number of fused-ring (bicyclic) bond motifs is 1. The Bertz CT molecular complexity index is 1440. The number of rotatable bonds is 6. The van der Waals surface area contributed by atoms with Crippen molar-refractivity contribution in [3.8, 4) is 5.75 Å². The Balaban J connectivity index is 1.42. The van der Waals surface area contributed by atoms with Gasteiger partial charge in [-0.1, -0.05) is 54.1 Å². The highest BCUT2D eigenvalue weighted by atomic mass is 16.5. The van der Waals surface area contributed by atoms with Gasteiger partial charge in [0.25, 0.3) is 5.91 Å². The van der Waals surface area contributed by atoms with E-state index in [0.717, 1.165) is 39.4 Å². The Labute approximate surface area is 210 Å². The molecule has 0 bridgehead atoms. The minimum Gasteiger partial charge on any atom is -0.489 e. The topological polar surface area (TPSA) is 81.1 Å². The van der Waals surface area contributed by atoms with E-state index in [1.807, 2.05) is 63.2 Å². The summed E-state index contributed by atoms with van der Waals surface area (Å²) >= 11 is 0. The number of benzene rings is 3. The van der Waals surface area contributed by atoms with Gasteiger partial charge >= 0.3 is 0 Å². The van der Waals surface area contributed by atoms with Gasteiger partial charge in [0, 0.05) is 11.4 Å². The van der Waals surface area contributed by atoms with Crippen LogP contribution in [0.2, 0.25) is 0 Å². The van der Waals surface area contributed by atoms with E-state index in [0.29, 0.717) is 18.1 Å². The molecule has 1 amide bonds. The van der Waals surface area contributed by atoms with Crippen LogP contribution in [0.15, 0.2) is 84.3 Å². The average Bonchev–Trinajstić information content (AvgIpc) is 3.34. The van der Waals surface area contributed by atoms with Crippen LogP contribution in [0.4, 0.5) is 11.6 Å². The fourth-order valence-electron chi connectivity index (χ4n) is 4.37. The van der Waals surface area contributed by atoms with Crippen LogP contribution >= 0.6 is 0 Å². The molecule has 1 unspecified atom stereocenters. The highest BCUT2D eigenvalue weighted by Crippen LogP contribution is 2.36. The first-order valence-electron chi connectivity index (χ1n) is 11.9. The van der Waals surface area contributed by atoms with Crippen molar-refractivity contribution >= 4 is 17.5 Å². The van der Waals surface area contributed by atoms with Gasteiger partial charge in [0.15, 0.2) is 0 Å². The molecule has 5 rings (SSSR count). The minimum absolute atomic E-state index is 0.181. The standard InChI is InChI=1S/C29H29N5O2/c1-18-8-10-22(11-9-18)16-36-24-14-12-23(13-15-24)27-26(21(4)32-29-30-17-31-34(27)29)28(35)33-25-7-5-6-19(2)20(25)3/h5-15,17,27H,16H2,1-4H3,(H,33,35)(H,30,31,32). The fraction of sp³-hybridized carbons (Fsp3) is 0.207. The Hall–Kier alpha value is -4.39. The minimum atomic E-state index is -0.431. The molecule has 0 aliphatic carbocycles. The third-order valence-corrected chi connectivity index (χ3v) is 6.61. The molecule has 4 aromatic rings. The summed E-state index contributed by atoms with van der Waals surface area (Å²) in [6.45, 7) is 8.49. The van der Waals surface area contributed by atoms with Gasteiger partial charge in [0.05, 0.1) is 5.57 Å². The highest BCUT2D eigenvalue weighted by Gasteiger charge is 2.33. The summed E-state index contributed by atoms with van der Waals surface area (Å²) in [7, 11) is 0. The van der Waals surface area contributed by atoms with Gasteiger partial charge in [0.2, 0.25) is 5.95 Å². The van der Waals surface area contributed by atoms with Crippen LogP contribution in [0.25, 0.3) is 0 Å². The number of allylic oxidation sites excluding steroid dienone is 1. The Morgan fingerprint density at radius 2 is 1.75 bits per heavy atom. The highest BCUT2D eigenvalue weighted by molar-refractivity contribution is 6.06.